The second kappa shape index (κ2) is 6.51. The van der Waals surface area contributed by atoms with E-state index in [1.165, 1.54) is 16.9 Å². The van der Waals surface area contributed by atoms with Gasteiger partial charge >= 0.3 is 0 Å². The highest BCUT2D eigenvalue weighted by atomic mass is 79.9. The van der Waals surface area contributed by atoms with Crippen molar-refractivity contribution in [3.63, 3.8) is 0 Å². The van der Waals surface area contributed by atoms with Crippen molar-refractivity contribution in [2.45, 2.75) is 13.3 Å². The molecule has 0 radical (unpaired) electrons. The smallest absolute Gasteiger partial charge is 0.212 e. The number of hydrogen-bond acceptors (Lipinski definition) is 3. The molecule has 0 amide bonds. The molecular weight excluding hydrogens is 312 g/mol. The topological polar surface area (TPSA) is 77.3 Å². The van der Waals surface area contributed by atoms with E-state index < -0.39 is 0 Å². The van der Waals surface area contributed by atoms with E-state index in [4.69, 9.17) is 11.5 Å². The molecule has 0 aliphatic heterocycles. The van der Waals surface area contributed by atoms with Gasteiger partial charge in [0.1, 0.15) is 0 Å². The van der Waals surface area contributed by atoms with Crippen LogP contribution in [-0.4, -0.2) is 10.9 Å². The average molecular weight is 327 g/mol. The quantitative estimate of drug-likeness (QED) is 0.672. The van der Waals surface area contributed by atoms with E-state index in [0.29, 0.717) is 5.13 Å². The first-order chi connectivity index (χ1) is 8.19. The van der Waals surface area contributed by atoms with Gasteiger partial charge in [0.05, 0.1) is 5.69 Å². The monoisotopic (exact) mass is 326 g/mol. The lowest BCUT2D eigenvalue weighted by atomic mass is 10.1. The second-order valence-electron chi connectivity index (χ2n) is 3.60. The first-order valence-electron chi connectivity index (χ1n) is 5.33. The highest BCUT2D eigenvalue weighted by Gasteiger charge is 2.03. The highest BCUT2D eigenvalue weighted by molar-refractivity contribution is 8.93. The van der Waals surface area contributed by atoms with Crippen LogP contribution in [0, 0.1) is 0 Å². The minimum Gasteiger partial charge on any atom is -0.370 e. The fourth-order valence-corrected chi connectivity index (χ4v) is 2.18. The number of aryl methyl sites for hydroxylation is 1. The molecule has 4 nitrogen and oxygen atoms in total. The van der Waals surface area contributed by atoms with Crippen LogP contribution in [0.5, 0.6) is 0 Å². The average Bonchev–Trinajstić information content (AvgIpc) is 2.77. The molecule has 18 heavy (non-hydrogen) atoms. The van der Waals surface area contributed by atoms with Crippen molar-refractivity contribution in [2.75, 3.05) is 0 Å². The molecule has 1 heterocycles. The normalized spacial score (nSPS) is 9.61. The third-order valence-electron chi connectivity index (χ3n) is 2.37. The Bertz CT molecular complexity index is 529. The van der Waals surface area contributed by atoms with E-state index in [1.54, 1.807) is 0 Å². The van der Waals surface area contributed by atoms with Gasteiger partial charge in [-0.3, -0.25) is 0 Å². The SMILES string of the molecule is Br.CCc1ccc(-c2csc(N=C(N)N)n2)cc1. The summed E-state index contributed by atoms with van der Waals surface area (Å²) >= 11 is 1.42. The Morgan fingerprint density at radius 2 is 1.94 bits per heavy atom. The summed E-state index contributed by atoms with van der Waals surface area (Å²) in [4.78, 5) is 8.27. The van der Waals surface area contributed by atoms with Crippen LogP contribution in [0.15, 0.2) is 34.6 Å². The van der Waals surface area contributed by atoms with Gasteiger partial charge in [-0.05, 0) is 12.0 Å². The van der Waals surface area contributed by atoms with Crippen molar-refractivity contribution >= 4 is 39.4 Å². The summed E-state index contributed by atoms with van der Waals surface area (Å²) < 4.78 is 0. The molecular formula is C12H15BrN4S. The molecule has 6 heteroatoms. The largest absolute Gasteiger partial charge is 0.370 e. The Morgan fingerprint density at radius 3 is 2.50 bits per heavy atom. The lowest BCUT2D eigenvalue weighted by Crippen LogP contribution is -2.21. The number of guanidine groups is 1. The molecule has 4 N–H and O–H groups in total. The van der Waals surface area contributed by atoms with E-state index in [2.05, 4.69) is 41.2 Å². The molecule has 0 saturated heterocycles. The van der Waals surface area contributed by atoms with Gasteiger partial charge in [-0.15, -0.1) is 28.3 Å². The standard InChI is InChI=1S/C12H14N4S.BrH/c1-2-8-3-5-9(6-4-8)10-7-17-12(15-10)16-11(13)14;/h3-7H,2H2,1H3,(H4,13,14,15,16);1H. The van der Waals surface area contributed by atoms with Gasteiger partial charge in [-0.25, -0.2) is 4.98 Å². The molecule has 0 atom stereocenters. The van der Waals surface area contributed by atoms with Crippen molar-refractivity contribution in [3.8, 4) is 11.3 Å². The summed E-state index contributed by atoms with van der Waals surface area (Å²) in [5, 5.41) is 2.53. The van der Waals surface area contributed by atoms with E-state index in [-0.39, 0.29) is 22.9 Å². The molecule has 1 aromatic carbocycles. The zero-order valence-electron chi connectivity index (χ0n) is 9.96. The van der Waals surface area contributed by atoms with Crippen molar-refractivity contribution in [2.24, 2.45) is 16.5 Å². The van der Waals surface area contributed by atoms with Crippen molar-refractivity contribution in [1.82, 2.24) is 4.98 Å². The van der Waals surface area contributed by atoms with Crippen LogP contribution < -0.4 is 11.5 Å². The van der Waals surface area contributed by atoms with E-state index in [9.17, 15) is 0 Å². The number of nitrogens with two attached hydrogens (primary N) is 2. The summed E-state index contributed by atoms with van der Waals surface area (Å²) in [5.74, 6) is 0.0345. The van der Waals surface area contributed by atoms with Gasteiger partial charge in [0, 0.05) is 10.9 Å². The molecule has 0 fully saturated rings. The fourth-order valence-electron chi connectivity index (χ4n) is 1.47. The van der Waals surface area contributed by atoms with E-state index in [1.807, 2.05) is 5.38 Å². The van der Waals surface area contributed by atoms with Crippen LogP contribution in [0.4, 0.5) is 5.13 Å². The Balaban J connectivity index is 0.00000162. The number of nitrogens with zero attached hydrogens (tertiary/aromatic N) is 2. The van der Waals surface area contributed by atoms with E-state index in [0.717, 1.165) is 17.7 Å². The Kier molecular flexibility index (Phi) is 5.30. The Labute approximate surface area is 121 Å². The third kappa shape index (κ3) is 3.54. The summed E-state index contributed by atoms with van der Waals surface area (Å²) in [6.07, 6.45) is 1.04. The fraction of sp³-hybridized carbons (Fsp3) is 0.167. The molecule has 96 valence electrons. The summed E-state index contributed by atoms with van der Waals surface area (Å²) in [6, 6.07) is 8.34. The second-order valence-corrected chi connectivity index (χ2v) is 4.44. The molecule has 0 aliphatic carbocycles. The van der Waals surface area contributed by atoms with Crippen LogP contribution in [0.2, 0.25) is 0 Å². The molecule has 2 aromatic rings. The van der Waals surface area contributed by atoms with Crippen LogP contribution in [0.3, 0.4) is 0 Å². The summed E-state index contributed by atoms with van der Waals surface area (Å²) in [7, 11) is 0. The number of aromatic nitrogens is 1. The maximum absolute atomic E-state index is 5.30. The number of aliphatic imine (C=N–C) groups is 1. The highest BCUT2D eigenvalue weighted by Crippen LogP contribution is 2.26. The Morgan fingerprint density at radius 1 is 1.28 bits per heavy atom. The van der Waals surface area contributed by atoms with Gasteiger partial charge < -0.3 is 11.5 Å². The third-order valence-corrected chi connectivity index (χ3v) is 3.11. The van der Waals surface area contributed by atoms with Gasteiger partial charge in [0.25, 0.3) is 0 Å². The Hall–Kier alpha value is -1.40. The van der Waals surface area contributed by atoms with Crippen molar-refractivity contribution < 1.29 is 0 Å². The number of benzene rings is 1. The van der Waals surface area contributed by atoms with Crippen molar-refractivity contribution in [1.29, 1.82) is 0 Å². The molecule has 0 saturated carbocycles. The molecule has 1 aromatic heterocycles. The lowest BCUT2D eigenvalue weighted by Gasteiger charge is -1.98. The number of halogens is 1. The van der Waals surface area contributed by atoms with Crippen LogP contribution in [0.25, 0.3) is 11.3 Å². The van der Waals surface area contributed by atoms with Crippen LogP contribution in [-0.2, 0) is 6.42 Å². The van der Waals surface area contributed by atoms with E-state index >= 15 is 0 Å². The minimum absolute atomic E-state index is 0. The molecule has 0 aliphatic rings. The number of rotatable bonds is 3. The molecule has 2 rings (SSSR count). The van der Waals surface area contributed by atoms with Gasteiger partial charge in [0.2, 0.25) is 5.13 Å². The maximum atomic E-state index is 5.30. The van der Waals surface area contributed by atoms with Crippen LogP contribution >= 0.6 is 28.3 Å². The lowest BCUT2D eigenvalue weighted by molar-refractivity contribution is 1.14. The molecule has 0 spiro atoms. The predicted molar refractivity (Wildman–Crippen MR) is 82.7 cm³/mol. The summed E-state index contributed by atoms with van der Waals surface area (Å²) in [6.45, 7) is 2.13. The van der Waals surface area contributed by atoms with Crippen LogP contribution in [0.1, 0.15) is 12.5 Å². The molecule has 0 unspecified atom stereocenters. The zero-order chi connectivity index (χ0) is 12.3. The first kappa shape index (κ1) is 14.7. The van der Waals surface area contributed by atoms with Gasteiger partial charge in [0.15, 0.2) is 5.96 Å². The minimum atomic E-state index is 0. The molecule has 0 bridgehead atoms. The maximum Gasteiger partial charge on any atom is 0.212 e. The number of hydrogen-bond donors (Lipinski definition) is 2. The van der Waals surface area contributed by atoms with Gasteiger partial charge in [-0.2, -0.15) is 4.99 Å². The predicted octanol–water partition coefficient (Wildman–Crippen LogP) is 2.86. The zero-order valence-corrected chi connectivity index (χ0v) is 12.5. The first-order valence-corrected chi connectivity index (χ1v) is 6.21. The number of thiazole rings is 1. The summed E-state index contributed by atoms with van der Waals surface area (Å²) in [5.41, 5.74) is 13.9. The van der Waals surface area contributed by atoms with Crippen molar-refractivity contribution in [3.05, 3.63) is 35.2 Å². The van der Waals surface area contributed by atoms with Gasteiger partial charge in [-0.1, -0.05) is 31.2 Å².